The molecule has 0 spiro atoms. The number of amides is 2. The molecule has 1 aromatic heterocycles. The molecule has 4 aliphatic rings. The number of aromatic nitrogens is 2. The van der Waals surface area contributed by atoms with Crippen molar-refractivity contribution in [3.05, 3.63) is 42.5 Å². The van der Waals surface area contributed by atoms with Crippen LogP contribution >= 0.6 is 0 Å². The van der Waals surface area contributed by atoms with E-state index in [0.717, 1.165) is 35.0 Å². The van der Waals surface area contributed by atoms with Crippen molar-refractivity contribution in [3.8, 4) is 5.69 Å². The molecule has 0 saturated heterocycles. The van der Waals surface area contributed by atoms with E-state index < -0.39 is 0 Å². The van der Waals surface area contributed by atoms with E-state index in [4.69, 9.17) is 0 Å². The highest BCUT2D eigenvalue weighted by Gasteiger charge is 2.51. The highest BCUT2D eigenvalue weighted by molar-refractivity contribution is 5.89. The molecule has 0 radical (unpaired) electrons. The van der Waals surface area contributed by atoms with E-state index >= 15 is 0 Å². The van der Waals surface area contributed by atoms with E-state index in [1.54, 1.807) is 6.20 Å². The minimum absolute atomic E-state index is 0.0483. The summed E-state index contributed by atoms with van der Waals surface area (Å²) in [7, 11) is 0. The molecule has 5 nitrogen and oxygen atoms in total. The molecule has 4 bridgehead atoms. The number of urea groups is 1. The topological polar surface area (TPSA) is 59.0 Å². The van der Waals surface area contributed by atoms with Gasteiger partial charge in [0.1, 0.15) is 5.82 Å². The fourth-order valence-corrected chi connectivity index (χ4v) is 6.02. The zero-order valence-electron chi connectivity index (χ0n) is 15.2. The van der Waals surface area contributed by atoms with E-state index in [9.17, 15) is 4.79 Å². The Morgan fingerprint density at radius 2 is 1.69 bits per heavy atom. The largest absolute Gasteiger partial charge is 0.332 e. The Kier molecular flexibility index (Phi) is 3.59. The van der Waals surface area contributed by atoms with Crippen LogP contribution in [-0.2, 0) is 0 Å². The first-order valence-electron chi connectivity index (χ1n) is 9.78. The fraction of sp³-hybridized carbons (Fsp3) is 0.524. The first-order valence-corrected chi connectivity index (χ1v) is 9.78. The molecule has 2 amide bonds. The predicted molar refractivity (Wildman–Crippen MR) is 101 cm³/mol. The number of benzene rings is 1. The lowest BCUT2D eigenvalue weighted by atomic mass is 9.53. The molecule has 1 aromatic carbocycles. The maximum Gasteiger partial charge on any atom is 0.319 e. The Hall–Kier alpha value is -2.30. The standard InChI is InChI=1S/C21H26N4O/c1-14-22-6-7-25(14)19-4-2-18(3-5-19)23-20(26)24-21-11-15-8-16(12-21)10-17(9-15)13-21/h2-7,15-17H,8-13H2,1H3,(H2,23,24,26). The molecule has 0 aliphatic heterocycles. The van der Waals surface area contributed by atoms with E-state index in [0.29, 0.717) is 0 Å². The second kappa shape index (κ2) is 5.86. The van der Waals surface area contributed by atoms with E-state index in [2.05, 4.69) is 15.6 Å². The quantitative estimate of drug-likeness (QED) is 0.868. The van der Waals surface area contributed by atoms with Gasteiger partial charge in [-0.25, -0.2) is 9.78 Å². The van der Waals surface area contributed by atoms with Crippen LogP contribution in [-0.4, -0.2) is 21.1 Å². The highest BCUT2D eigenvalue weighted by Crippen LogP contribution is 2.55. The van der Waals surface area contributed by atoms with E-state index in [-0.39, 0.29) is 11.6 Å². The van der Waals surface area contributed by atoms with Gasteiger partial charge in [0, 0.05) is 29.3 Å². The van der Waals surface area contributed by atoms with Crippen molar-refractivity contribution in [2.75, 3.05) is 5.32 Å². The summed E-state index contributed by atoms with van der Waals surface area (Å²) in [5, 5.41) is 6.39. The molecule has 0 atom stereocenters. The van der Waals surface area contributed by atoms with E-state index in [1.165, 1.54) is 38.5 Å². The Morgan fingerprint density at radius 3 is 2.23 bits per heavy atom. The van der Waals surface area contributed by atoms with Crippen LogP contribution in [0.5, 0.6) is 0 Å². The minimum atomic E-state index is -0.0569. The maximum absolute atomic E-state index is 12.6. The Bertz CT molecular complexity index is 788. The van der Waals surface area contributed by atoms with Crippen LogP contribution in [0.25, 0.3) is 5.69 Å². The molecule has 1 heterocycles. The summed E-state index contributed by atoms with van der Waals surface area (Å²) in [4.78, 5) is 16.9. The summed E-state index contributed by atoms with van der Waals surface area (Å²) in [6, 6.07) is 7.87. The molecule has 26 heavy (non-hydrogen) atoms. The monoisotopic (exact) mass is 350 g/mol. The zero-order valence-corrected chi connectivity index (χ0v) is 15.2. The summed E-state index contributed by atoms with van der Waals surface area (Å²) in [5.41, 5.74) is 1.92. The lowest BCUT2D eigenvalue weighted by molar-refractivity contribution is -0.0127. The molecule has 4 aliphatic carbocycles. The molecule has 0 unspecified atom stereocenters. The molecule has 2 aromatic rings. The number of anilines is 1. The third-order valence-electron chi connectivity index (χ3n) is 6.65. The number of imidazole rings is 1. The number of rotatable bonds is 3. The van der Waals surface area contributed by atoms with Crippen LogP contribution in [0.4, 0.5) is 10.5 Å². The van der Waals surface area contributed by atoms with Crippen molar-refractivity contribution < 1.29 is 4.79 Å². The normalized spacial score (nSPS) is 31.8. The van der Waals surface area contributed by atoms with Crippen molar-refractivity contribution in [2.24, 2.45) is 17.8 Å². The smallest absolute Gasteiger partial charge is 0.319 e. The van der Waals surface area contributed by atoms with Gasteiger partial charge in [0.05, 0.1) is 0 Å². The van der Waals surface area contributed by atoms with Gasteiger partial charge >= 0.3 is 6.03 Å². The number of hydrogen-bond acceptors (Lipinski definition) is 2. The first kappa shape index (κ1) is 15.9. The van der Waals surface area contributed by atoms with Crippen LogP contribution in [0.1, 0.15) is 44.3 Å². The molecule has 5 heteroatoms. The number of nitrogens with one attached hydrogen (secondary N) is 2. The summed E-state index contributed by atoms with van der Waals surface area (Å²) < 4.78 is 2.03. The average Bonchev–Trinajstić information content (AvgIpc) is 2.99. The fourth-order valence-electron chi connectivity index (χ4n) is 6.02. The zero-order chi connectivity index (χ0) is 17.7. The van der Waals surface area contributed by atoms with E-state index in [1.807, 2.05) is 42.0 Å². The Morgan fingerprint density at radius 1 is 1.08 bits per heavy atom. The molecule has 136 valence electrons. The van der Waals surface area contributed by atoms with Crippen LogP contribution in [0.15, 0.2) is 36.7 Å². The molecule has 2 N–H and O–H groups in total. The van der Waals surface area contributed by atoms with Gasteiger partial charge < -0.3 is 15.2 Å². The number of carbonyl (C=O) groups is 1. The number of nitrogens with zero attached hydrogens (tertiary/aromatic N) is 2. The predicted octanol–water partition coefficient (Wildman–Crippen LogP) is 4.27. The van der Waals surface area contributed by atoms with Crippen LogP contribution in [0.2, 0.25) is 0 Å². The lowest BCUT2D eigenvalue weighted by Crippen LogP contribution is -2.60. The van der Waals surface area contributed by atoms with Gasteiger partial charge in [-0.05, 0) is 87.5 Å². The third kappa shape index (κ3) is 2.79. The van der Waals surface area contributed by atoms with Crippen LogP contribution < -0.4 is 10.6 Å². The average molecular weight is 350 g/mol. The van der Waals surface area contributed by atoms with Gasteiger partial charge in [0.25, 0.3) is 0 Å². The number of hydrogen-bond donors (Lipinski definition) is 2. The first-order chi connectivity index (χ1) is 12.6. The van der Waals surface area contributed by atoms with Crippen molar-refractivity contribution in [1.29, 1.82) is 0 Å². The van der Waals surface area contributed by atoms with Gasteiger partial charge in [-0.3, -0.25) is 0 Å². The maximum atomic E-state index is 12.6. The van der Waals surface area contributed by atoms with Crippen molar-refractivity contribution in [3.63, 3.8) is 0 Å². The van der Waals surface area contributed by atoms with Gasteiger partial charge in [-0.2, -0.15) is 0 Å². The summed E-state index contributed by atoms with van der Waals surface area (Å²) in [6.45, 7) is 1.98. The van der Waals surface area contributed by atoms with Crippen LogP contribution in [0.3, 0.4) is 0 Å². The summed E-state index contributed by atoms with van der Waals surface area (Å²) >= 11 is 0. The highest BCUT2D eigenvalue weighted by atomic mass is 16.2. The van der Waals surface area contributed by atoms with Crippen molar-refractivity contribution in [2.45, 2.75) is 51.0 Å². The Labute approximate surface area is 154 Å². The molecular weight excluding hydrogens is 324 g/mol. The van der Waals surface area contributed by atoms with Gasteiger partial charge in [-0.15, -0.1) is 0 Å². The third-order valence-corrected chi connectivity index (χ3v) is 6.65. The van der Waals surface area contributed by atoms with Gasteiger partial charge in [0.15, 0.2) is 0 Å². The minimum Gasteiger partial charge on any atom is -0.332 e. The molecule has 6 rings (SSSR count). The van der Waals surface area contributed by atoms with Gasteiger partial charge in [0.2, 0.25) is 0 Å². The number of aryl methyl sites for hydroxylation is 1. The summed E-state index contributed by atoms with van der Waals surface area (Å²) in [6.07, 6.45) is 11.4. The second-order valence-corrected chi connectivity index (χ2v) is 8.67. The number of carbonyl (C=O) groups excluding carboxylic acids is 1. The SMILES string of the molecule is Cc1nccn1-c1ccc(NC(=O)NC23CC4CC(CC(C4)C2)C3)cc1. The van der Waals surface area contributed by atoms with Crippen molar-refractivity contribution in [1.82, 2.24) is 14.9 Å². The summed E-state index contributed by atoms with van der Waals surface area (Å²) in [5.74, 6) is 3.45. The lowest BCUT2D eigenvalue weighted by Gasteiger charge is -2.56. The Balaban J connectivity index is 1.25. The molecular formula is C21H26N4O. The van der Waals surface area contributed by atoms with Crippen molar-refractivity contribution >= 4 is 11.7 Å². The van der Waals surface area contributed by atoms with Crippen LogP contribution in [0, 0.1) is 24.7 Å². The molecule has 4 saturated carbocycles. The molecule has 4 fully saturated rings. The second-order valence-electron chi connectivity index (χ2n) is 8.67. The van der Waals surface area contributed by atoms with Gasteiger partial charge in [-0.1, -0.05) is 0 Å².